The lowest BCUT2D eigenvalue weighted by molar-refractivity contribution is -0.143. The van der Waals surface area contributed by atoms with Crippen LogP contribution in [0, 0.1) is 0 Å². The molecule has 68 heavy (non-hydrogen) atoms. The summed E-state index contributed by atoms with van der Waals surface area (Å²) in [6.07, 6.45) is 70.8. The van der Waals surface area contributed by atoms with Crippen LogP contribution in [0.25, 0.3) is 0 Å². The molecule has 0 bridgehead atoms. The van der Waals surface area contributed by atoms with Gasteiger partial charge in [0, 0.05) is 12.8 Å². The first-order valence-electron chi connectivity index (χ1n) is 30.6. The Kier molecular flexibility index (Phi) is 56.5. The molecule has 0 spiro atoms. The highest BCUT2D eigenvalue weighted by Crippen LogP contribution is 2.17. The molecule has 1 amide bonds. The van der Waals surface area contributed by atoms with E-state index in [0.29, 0.717) is 19.4 Å². The number of hydrogen-bond donors (Lipinski definition) is 3. The summed E-state index contributed by atoms with van der Waals surface area (Å²) in [4.78, 5) is 24.5. The van der Waals surface area contributed by atoms with E-state index in [1.165, 1.54) is 263 Å². The summed E-state index contributed by atoms with van der Waals surface area (Å²) in [6, 6.07) is -0.631. The molecule has 0 aliphatic carbocycles. The van der Waals surface area contributed by atoms with E-state index in [2.05, 4.69) is 31.3 Å². The minimum absolute atomic E-state index is 0.0139. The molecule has 402 valence electrons. The van der Waals surface area contributed by atoms with Gasteiger partial charge in [-0.05, 0) is 57.8 Å². The Labute approximate surface area is 424 Å². The zero-order valence-corrected chi connectivity index (χ0v) is 45.9. The van der Waals surface area contributed by atoms with E-state index in [1.54, 1.807) is 6.08 Å². The largest absolute Gasteiger partial charge is 0.466 e. The van der Waals surface area contributed by atoms with Crippen molar-refractivity contribution in [3.05, 3.63) is 24.3 Å². The fourth-order valence-electron chi connectivity index (χ4n) is 9.51. The fraction of sp³-hybridized carbons (Fsp3) is 0.903. The van der Waals surface area contributed by atoms with Gasteiger partial charge >= 0.3 is 5.97 Å². The SMILES string of the molecule is CCCCCCCCCCC/C=C/C(O)C(CO)NC(=O)CCCCCCCCC/C=C\CCCCCCCCCCCCCOC(=O)CCCCCCCCCCCCCCCCCCCC. The van der Waals surface area contributed by atoms with Gasteiger partial charge in [-0.15, -0.1) is 0 Å². The van der Waals surface area contributed by atoms with Gasteiger partial charge in [-0.3, -0.25) is 9.59 Å². The van der Waals surface area contributed by atoms with E-state index in [-0.39, 0.29) is 18.5 Å². The molecule has 0 rings (SSSR count). The van der Waals surface area contributed by atoms with Gasteiger partial charge in [-0.25, -0.2) is 0 Å². The van der Waals surface area contributed by atoms with Gasteiger partial charge in [-0.2, -0.15) is 0 Å². The van der Waals surface area contributed by atoms with E-state index in [9.17, 15) is 19.8 Å². The molecule has 6 heteroatoms. The molecule has 0 aromatic carbocycles. The Balaban J connectivity index is 3.39. The normalized spacial score (nSPS) is 12.7. The zero-order valence-electron chi connectivity index (χ0n) is 45.9. The van der Waals surface area contributed by atoms with Crippen LogP contribution < -0.4 is 5.32 Å². The number of esters is 1. The van der Waals surface area contributed by atoms with Crippen LogP contribution in [0.4, 0.5) is 0 Å². The summed E-state index contributed by atoms with van der Waals surface area (Å²) in [6.45, 7) is 4.90. The molecular formula is C62H119NO5. The molecule has 0 saturated heterocycles. The van der Waals surface area contributed by atoms with Crippen LogP contribution in [-0.2, 0) is 14.3 Å². The lowest BCUT2D eigenvalue weighted by Crippen LogP contribution is -2.45. The van der Waals surface area contributed by atoms with Gasteiger partial charge in [0.15, 0.2) is 0 Å². The molecule has 0 radical (unpaired) electrons. The first-order chi connectivity index (χ1) is 33.5. The van der Waals surface area contributed by atoms with E-state index >= 15 is 0 Å². The van der Waals surface area contributed by atoms with Gasteiger partial charge in [0.05, 0.1) is 25.4 Å². The number of hydrogen-bond acceptors (Lipinski definition) is 5. The van der Waals surface area contributed by atoms with Crippen LogP contribution in [0.5, 0.6) is 0 Å². The predicted octanol–water partition coefficient (Wildman–Crippen LogP) is 19.0. The molecule has 0 fully saturated rings. The van der Waals surface area contributed by atoms with Crippen LogP contribution in [0.1, 0.15) is 335 Å². The van der Waals surface area contributed by atoms with Crippen molar-refractivity contribution in [1.82, 2.24) is 5.32 Å². The van der Waals surface area contributed by atoms with Gasteiger partial charge in [0.25, 0.3) is 0 Å². The van der Waals surface area contributed by atoms with E-state index in [1.807, 2.05) is 6.08 Å². The Morgan fingerprint density at radius 2 is 0.691 bits per heavy atom. The molecule has 0 aliphatic heterocycles. The standard InChI is InChI=1S/C62H119NO5/c1-3-5-7-9-11-13-15-16-17-18-26-29-32-36-40-44-48-52-56-62(67)68-57-53-49-45-41-37-33-30-27-24-22-20-19-21-23-25-28-31-35-39-43-47-51-55-61(66)63-59(58-64)60(65)54-50-46-42-38-34-14-12-10-8-6-4-2/h21,23,50,54,59-60,64-65H,3-20,22,24-49,51-53,55-58H2,1-2H3,(H,63,66)/b23-21-,54-50+. The molecule has 6 nitrogen and oxygen atoms in total. The number of carbonyl (C=O) groups is 2. The second-order valence-electron chi connectivity index (χ2n) is 21.0. The molecule has 0 heterocycles. The highest BCUT2D eigenvalue weighted by atomic mass is 16.5. The second kappa shape index (κ2) is 57.9. The topological polar surface area (TPSA) is 95.9 Å². The number of nitrogens with one attached hydrogen (secondary N) is 1. The van der Waals surface area contributed by atoms with Crippen molar-refractivity contribution in [3.8, 4) is 0 Å². The first-order valence-corrected chi connectivity index (χ1v) is 30.6. The number of rotatable bonds is 57. The molecule has 0 aromatic rings. The average Bonchev–Trinajstić information content (AvgIpc) is 3.34. The smallest absolute Gasteiger partial charge is 0.305 e. The fourth-order valence-corrected chi connectivity index (χ4v) is 9.51. The van der Waals surface area contributed by atoms with Crippen LogP contribution in [0.15, 0.2) is 24.3 Å². The van der Waals surface area contributed by atoms with Crippen molar-refractivity contribution in [1.29, 1.82) is 0 Å². The minimum atomic E-state index is -0.847. The Morgan fingerprint density at radius 1 is 0.397 bits per heavy atom. The van der Waals surface area contributed by atoms with Crippen LogP contribution in [-0.4, -0.2) is 47.4 Å². The number of aliphatic hydroxyl groups is 2. The van der Waals surface area contributed by atoms with Crippen molar-refractivity contribution in [2.75, 3.05) is 13.2 Å². The summed E-state index contributed by atoms with van der Waals surface area (Å²) in [5.74, 6) is -0.0616. The van der Waals surface area contributed by atoms with E-state index in [0.717, 1.165) is 44.9 Å². The lowest BCUT2D eigenvalue weighted by atomic mass is 10.0. The molecule has 0 aliphatic rings. The summed E-state index contributed by atoms with van der Waals surface area (Å²) < 4.78 is 5.50. The third kappa shape index (κ3) is 53.7. The molecule has 2 atom stereocenters. The van der Waals surface area contributed by atoms with Crippen LogP contribution >= 0.6 is 0 Å². The summed E-state index contributed by atoms with van der Waals surface area (Å²) in [5, 5.41) is 23.0. The van der Waals surface area contributed by atoms with Crippen LogP contribution in [0.2, 0.25) is 0 Å². The third-order valence-corrected chi connectivity index (χ3v) is 14.2. The van der Waals surface area contributed by atoms with Gasteiger partial charge < -0.3 is 20.3 Å². The highest BCUT2D eigenvalue weighted by molar-refractivity contribution is 5.76. The van der Waals surface area contributed by atoms with Crippen LogP contribution in [0.3, 0.4) is 0 Å². The Morgan fingerprint density at radius 3 is 1.04 bits per heavy atom. The predicted molar refractivity (Wildman–Crippen MR) is 296 cm³/mol. The number of amides is 1. The number of aliphatic hydroxyl groups excluding tert-OH is 2. The van der Waals surface area contributed by atoms with E-state index < -0.39 is 12.1 Å². The minimum Gasteiger partial charge on any atom is -0.466 e. The number of ether oxygens (including phenoxy) is 1. The molecule has 0 saturated carbocycles. The molecule has 2 unspecified atom stereocenters. The maximum atomic E-state index is 12.4. The van der Waals surface area contributed by atoms with Gasteiger partial charge in [0.1, 0.15) is 0 Å². The highest BCUT2D eigenvalue weighted by Gasteiger charge is 2.18. The number of unbranched alkanes of at least 4 members (excludes halogenated alkanes) is 44. The van der Waals surface area contributed by atoms with Crippen molar-refractivity contribution >= 4 is 11.9 Å². The third-order valence-electron chi connectivity index (χ3n) is 14.2. The maximum Gasteiger partial charge on any atom is 0.305 e. The van der Waals surface area contributed by atoms with E-state index in [4.69, 9.17) is 4.74 Å². The summed E-state index contributed by atoms with van der Waals surface area (Å²) in [5.41, 5.74) is 0. The Hall–Kier alpha value is -1.66. The number of carbonyl (C=O) groups excluding carboxylic acids is 2. The van der Waals surface area contributed by atoms with Crippen molar-refractivity contribution < 1.29 is 24.5 Å². The quantitative estimate of drug-likeness (QED) is 0.0321. The van der Waals surface area contributed by atoms with Gasteiger partial charge in [-0.1, -0.05) is 289 Å². The van der Waals surface area contributed by atoms with Crippen molar-refractivity contribution in [2.45, 2.75) is 347 Å². The summed E-state index contributed by atoms with van der Waals surface area (Å²) in [7, 11) is 0. The first kappa shape index (κ1) is 66.3. The molecule has 3 N–H and O–H groups in total. The maximum absolute atomic E-state index is 12.4. The lowest BCUT2D eigenvalue weighted by Gasteiger charge is -2.20. The summed E-state index contributed by atoms with van der Waals surface area (Å²) >= 11 is 0. The second-order valence-corrected chi connectivity index (χ2v) is 21.0. The molecule has 0 aromatic heterocycles. The number of allylic oxidation sites excluding steroid dienone is 3. The molecular weight excluding hydrogens is 839 g/mol. The van der Waals surface area contributed by atoms with Crippen molar-refractivity contribution in [2.24, 2.45) is 0 Å². The Bertz CT molecular complexity index is 1060. The van der Waals surface area contributed by atoms with Gasteiger partial charge in [0.2, 0.25) is 5.91 Å². The zero-order chi connectivity index (χ0) is 49.3. The monoisotopic (exact) mass is 958 g/mol. The average molecular weight is 959 g/mol. The van der Waals surface area contributed by atoms with Crippen molar-refractivity contribution in [3.63, 3.8) is 0 Å².